The van der Waals surface area contributed by atoms with Crippen LogP contribution in [0, 0.1) is 0 Å². The number of ether oxygens (including phenoxy) is 3. The van der Waals surface area contributed by atoms with Gasteiger partial charge in [-0.15, -0.1) is 0 Å². The summed E-state index contributed by atoms with van der Waals surface area (Å²) in [5.41, 5.74) is 0.689. The number of aromatic nitrogens is 1. The number of rotatable bonds is 3. The number of hydrogen-bond acceptors (Lipinski definition) is 5. The Morgan fingerprint density at radius 2 is 2.29 bits per heavy atom. The molecule has 5 heteroatoms. The Labute approximate surface area is 81.6 Å². The molecule has 1 aromatic rings. The minimum Gasteiger partial charge on any atom is -0.437 e. The van der Waals surface area contributed by atoms with Crippen LogP contribution in [0.2, 0.25) is 0 Å². The van der Waals surface area contributed by atoms with Gasteiger partial charge in [-0.3, -0.25) is 4.98 Å². The molecule has 5 nitrogen and oxygen atoms in total. The standard InChI is InChI=1S/C9H11NO4/c1-12-6-7-5-8(3-4-10-7)14-9(11)13-2/h3-5H,6H2,1-2H3. The topological polar surface area (TPSA) is 57.7 Å². The van der Waals surface area contributed by atoms with Gasteiger partial charge in [0.05, 0.1) is 19.4 Å². The van der Waals surface area contributed by atoms with Gasteiger partial charge in [-0.25, -0.2) is 4.79 Å². The predicted molar refractivity (Wildman–Crippen MR) is 48.0 cm³/mol. The molecule has 0 aromatic carbocycles. The highest BCUT2D eigenvalue weighted by atomic mass is 16.7. The lowest BCUT2D eigenvalue weighted by atomic mass is 10.3. The van der Waals surface area contributed by atoms with Gasteiger partial charge >= 0.3 is 6.16 Å². The van der Waals surface area contributed by atoms with Gasteiger partial charge in [0.15, 0.2) is 0 Å². The molecule has 1 aromatic heterocycles. The molecule has 0 amide bonds. The third kappa shape index (κ3) is 3.02. The number of nitrogens with zero attached hydrogens (tertiary/aromatic N) is 1. The van der Waals surface area contributed by atoms with Gasteiger partial charge in [-0.05, 0) is 6.07 Å². The molecule has 1 heterocycles. The lowest BCUT2D eigenvalue weighted by molar-refractivity contribution is 0.121. The smallest absolute Gasteiger partial charge is 0.437 e. The molecule has 0 bridgehead atoms. The van der Waals surface area contributed by atoms with Gasteiger partial charge in [0.25, 0.3) is 0 Å². The summed E-state index contributed by atoms with van der Waals surface area (Å²) >= 11 is 0. The van der Waals surface area contributed by atoms with E-state index in [0.29, 0.717) is 18.1 Å². The van der Waals surface area contributed by atoms with E-state index in [-0.39, 0.29) is 0 Å². The molecule has 1 rings (SSSR count). The zero-order chi connectivity index (χ0) is 10.4. The normalized spacial score (nSPS) is 9.57. The van der Waals surface area contributed by atoms with Crippen molar-refractivity contribution in [3.63, 3.8) is 0 Å². The second-order valence-electron chi connectivity index (χ2n) is 2.47. The molecule has 0 aliphatic rings. The summed E-state index contributed by atoms with van der Waals surface area (Å²) in [6, 6.07) is 3.18. The molecule has 0 unspecified atom stereocenters. The zero-order valence-electron chi connectivity index (χ0n) is 8.02. The summed E-state index contributed by atoms with van der Waals surface area (Å²) in [6.07, 6.45) is 0.784. The number of carbonyl (C=O) groups excluding carboxylic acids is 1. The van der Waals surface area contributed by atoms with Crippen molar-refractivity contribution in [1.29, 1.82) is 0 Å². The highest BCUT2D eigenvalue weighted by Gasteiger charge is 2.04. The summed E-state index contributed by atoms with van der Waals surface area (Å²) in [7, 11) is 2.81. The fraction of sp³-hybridized carbons (Fsp3) is 0.333. The predicted octanol–water partition coefficient (Wildman–Crippen LogP) is 1.37. The van der Waals surface area contributed by atoms with E-state index in [1.54, 1.807) is 19.2 Å². The van der Waals surface area contributed by atoms with Crippen molar-refractivity contribution in [3.8, 4) is 5.75 Å². The molecule has 0 spiro atoms. The van der Waals surface area contributed by atoms with Gasteiger partial charge in [0.2, 0.25) is 0 Å². The molecular weight excluding hydrogens is 186 g/mol. The van der Waals surface area contributed by atoms with E-state index in [1.165, 1.54) is 13.3 Å². The van der Waals surface area contributed by atoms with Crippen molar-refractivity contribution in [2.24, 2.45) is 0 Å². The first-order valence-corrected chi connectivity index (χ1v) is 3.96. The second kappa shape index (κ2) is 5.18. The second-order valence-corrected chi connectivity index (χ2v) is 2.47. The number of methoxy groups -OCH3 is 2. The van der Waals surface area contributed by atoms with Crippen LogP contribution in [0.25, 0.3) is 0 Å². The van der Waals surface area contributed by atoms with E-state index < -0.39 is 6.16 Å². The maximum absolute atomic E-state index is 10.8. The van der Waals surface area contributed by atoms with Crippen LogP contribution < -0.4 is 4.74 Å². The van der Waals surface area contributed by atoms with Crippen molar-refractivity contribution in [1.82, 2.24) is 4.98 Å². The summed E-state index contributed by atoms with van der Waals surface area (Å²) in [5, 5.41) is 0. The van der Waals surface area contributed by atoms with E-state index in [1.807, 2.05) is 0 Å². The highest BCUT2D eigenvalue weighted by Crippen LogP contribution is 2.11. The minimum atomic E-state index is -0.750. The van der Waals surface area contributed by atoms with Gasteiger partial charge in [-0.2, -0.15) is 0 Å². The summed E-state index contributed by atoms with van der Waals surface area (Å²) < 4.78 is 14.0. The first-order valence-electron chi connectivity index (χ1n) is 3.96. The van der Waals surface area contributed by atoms with E-state index in [9.17, 15) is 4.79 Å². The number of hydrogen-bond donors (Lipinski definition) is 0. The van der Waals surface area contributed by atoms with Crippen LogP contribution in [0.1, 0.15) is 5.69 Å². The van der Waals surface area contributed by atoms with Crippen molar-refractivity contribution in [2.45, 2.75) is 6.61 Å². The SMILES string of the molecule is COCc1cc(OC(=O)OC)ccn1. The third-order valence-corrected chi connectivity index (χ3v) is 1.45. The van der Waals surface area contributed by atoms with E-state index in [2.05, 4.69) is 9.72 Å². The largest absolute Gasteiger partial charge is 0.513 e. The van der Waals surface area contributed by atoms with Crippen LogP contribution in [-0.2, 0) is 16.1 Å². The van der Waals surface area contributed by atoms with Crippen LogP contribution in [0.15, 0.2) is 18.3 Å². The van der Waals surface area contributed by atoms with Crippen molar-refractivity contribution in [3.05, 3.63) is 24.0 Å². The molecule has 0 radical (unpaired) electrons. The van der Waals surface area contributed by atoms with Crippen LogP contribution in [0.5, 0.6) is 5.75 Å². The molecule has 0 fully saturated rings. The maximum atomic E-state index is 10.8. The third-order valence-electron chi connectivity index (χ3n) is 1.45. The van der Waals surface area contributed by atoms with Gasteiger partial charge in [-0.1, -0.05) is 0 Å². The Kier molecular flexibility index (Phi) is 3.87. The van der Waals surface area contributed by atoms with Crippen molar-refractivity contribution in [2.75, 3.05) is 14.2 Å². The fourth-order valence-corrected chi connectivity index (χ4v) is 0.884. The average Bonchev–Trinajstić information content (AvgIpc) is 2.19. The molecule has 0 aliphatic carbocycles. The molecule has 14 heavy (non-hydrogen) atoms. The zero-order valence-corrected chi connectivity index (χ0v) is 8.02. The summed E-state index contributed by atoms with van der Waals surface area (Å²) in [6.45, 7) is 0.373. The molecule has 0 aliphatic heterocycles. The number of pyridine rings is 1. The highest BCUT2D eigenvalue weighted by molar-refractivity contribution is 5.63. The van der Waals surface area contributed by atoms with Crippen LogP contribution >= 0.6 is 0 Å². The first-order chi connectivity index (χ1) is 6.76. The Hall–Kier alpha value is -1.62. The maximum Gasteiger partial charge on any atom is 0.513 e. The Bertz CT molecular complexity index is 313. The quantitative estimate of drug-likeness (QED) is 0.685. The monoisotopic (exact) mass is 197 g/mol. The molecule has 0 saturated heterocycles. The minimum absolute atomic E-state index is 0.373. The van der Waals surface area contributed by atoms with Crippen molar-refractivity contribution < 1.29 is 19.0 Å². The van der Waals surface area contributed by atoms with E-state index in [0.717, 1.165) is 0 Å². The van der Waals surface area contributed by atoms with Crippen LogP contribution in [0.4, 0.5) is 4.79 Å². The molecule has 0 saturated carbocycles. The van der Waals surface area contributed by atoms with E-state index in [4.69, 9.17) is 9.47 Å². The summed E-state index contributed by atoms with van der Waals surface area (Å²) in [4.78, 5) is 14.8. The van der Waals surface area contributed by atoms with Gasteiger partial charge in [0.1, 0.15) is 5.75 Å². The van der Waals surface area contributed by atoms with Crippen LogP contribution in [-0.4, -0.2) is 25.4 Å². The van der Waals surface area contributed by atoms with Gasteiger partial charge in [0, 0.05) is 19.4 Å². The van der Waals surface area contributed by atoms with E-state index >= 15 is 0 Å². The Morgan fingerprint density at radius 3 is 2.93 bits per heavy atom. The van der Waals surface area contributed by atoms with Crippen LogP contribution in [0.3, 0.4) is 0 Å². The molecule has 0 N–H and O–H groups in total. The molecular formula is C9H11NO4. The molecule has 0 atom stereocenters. The lowest BCUT2D eigenvalue weighted by Crippen LogP contribution is -2.07. The fourth-order valence-electron chi connectivity index (χ4n) is 0.884. The van der Waals surface area contributed by atoms with Crippen molar-refractivity contribution >= 4 is 6.16 Å². The Morgan fingerprint density at radius 1 is 1.50 bits per heavy atom. The number of carbonyl (C=O) groups is 1. The Balaban J connectivity index is 2.68. The average molecular weight is 197 g/mol. The lowest BCUT2D eigenvalue weighted by Gasteiger charge is -2.03. The summed E-state index contributed by atoms with van der Waals surface area (Å²) in [5.74, 6) is 0.388. The molecule has 76 valence electrons. The first kappa shape index (κ1) is 10.5. The van der Waals surface area contributed by atoms with Gasteiger partial charge < -0.3 is 14.2 Å².